The lowest BCUT2D eigenvalue weighted by atomic mass is 10.1. The summed E-state index contributed by atoms with van der Waals surface area (Å²) < 4.78 is 10.7. The number of ether oxygens (including phenoxy) is 2. The number of methoxy groups -OCH3 is 2. The van der Waals surface area contributed by atoms with E-state index in [4.69, 9.17) is 9.47 Å². The predicted octanol–water partition coefficient (Wildman–Crippen LogP) is 2.22. The molecule has 96 valence electrons. The van der Waals surface area contributed by atoms with Crippen LogP contribution in [0.4, 0.5) is 0 Å². The van der Waals surface area contributed by atoms with Crippen LogP contribution in [0.3, 0.4) is 0 Å². The zero-order valence-corrected chi connectivity index (χ0v) is 11.0. The first-order valence-corrected chi connectivity index (χ1v) is 6.14. The van der Waals surface area contributed by atoms with Crippen LogP contribution < -0.4 is 5.32 Å². The van der Waals surface area contributed by atoms with Crippen LogP contribution in [0.1, 0.15) is 18.9 Å². The maximum absolute atomic E-state index is 5.35. The van der Waals surface area contributed by atoms with Gasteiger partial charge in [0.1, 0.15) is 0 Å². The number of nitrogens with one attached hydrogen (secondary N) is 1. The molecular formula is C14H23NO2. The maximum Gasteiger partial charge on any atom is 0.172 e. The Kier molecular flexibility index (Phi) is 6.86. The SMILES string of the molecule is CCCNC(Cc1ccccc1)C(OC)OC. The predicted molar refractivity (Wildman–Crippen MR) is 70.0 cm³/mol. The Bertz CT molecular complexity index is 286. The van der Waals surface area contributed by atoms with Crippen LogP contribution in [-0.2, 0) is 15.9 Å². The molecule has 17 heavy (non-hydrogen) atoms. The second-order valence-electron chi connectivity index (χ2n) is 4.09. The molecular weight excluding hydrogens is 214 g/mol. The highest BCUT2D eigenvalue weighted by molar-refractivity contribution is 5.16. The van der Waals surface area contributed by atoms with E-state index < -0.39 is 0 Å². The van der Waals surface area contributed by atoms with E-state index in [-0.39, 0.29) is 12.3 Å². The highest BCUT2D eigenvalue weighted by atomic mass is 16.7. The minimum Gasteiger partial charge on any atom is -0.354 e. The molecule has 1 rings (SSSR count). The van der Waals surface area contributed by atoms with E-state index in [2.05, 4.69) is 36.5 Å². The molecule has 1 unspecified atom stereocenters. The van der Waals surface area contributed by atoms with Crippen molar-refractivity contribution in [2.24, 2.45) is 0 Å². The van der Waals surface area contributed by atoms with Gasteiger partial charge in [-0.15, -0.1) is 0 Å². The summed E-state index contributed by atoms with van der Waals surface area (Å²) in [6.45, 7) is 3.13. The zero-order valence-electron chi connectivity index (χ0n) is 11.0. The maximum atomic E-state index is 5.35. The molecule has 0 heterocycles. The average Bonchev–Trinajstić information content (AvgIpc) is 2.38. The van der Waals surface area contributed by atoms with Crippen LogP contribution in [0.5, 0.6) is 0 Å². The lowest BCUT2D eigenvalue weighted by Crippen LogP contribution is -2.44. The van der Waals surface area contributed by atoms with Crippen molar-refractivity contribution in [2.45, 2.75) is 32.1 Å². The van der Waals surface area contributed by atoms with E-state index in [9.17, 15) is 0 Å². The van der Waals surface area contributed by atoms with E-state index in [1.54, 1.807) is 14.2 Å². The van der Waals surface area contributed by atoms with Gasteiger partial charge in [-0.05, 0) is 24.9 Å². The third kappa shape index (κ3) is 4.86. The molecule has 1 N–H and O–H groups in total. The third-order valence-corrected chi connectivity index (χ3v) is 2.75. The highest BCUT2D eigenvalue weighted by Gasteiger charge is 2.20. The number of hydrogen-bond donors (Lipinski definition) is 1. The fourth-order valence-corrected chi connectivity index (χ4v) is 1.89. The fourth-order valence-electron chi connectivity index (χ4n) is 1.89. The van der Waals surface area contributed by atoms with Crippen molar-refractivity contribution in [1.29, 1.82) is 0 Å². The molecule has 0 saturated heterocycles. The highest BCUT2D eigenvalue weighted by Crippen LogP contribution is 2.09. The molecule has 0 aliphatic carbocycles. The molecule has 1 aromatic carbocycles. The number of benzene rings is 1. The second kappa shape index (κ2) is 8.23. The summed E-state index contributed by atoms with van der Waals surface area (Å²) in [7, 11) is 3.36. The van der Waals surface area contributed by atoms with Crippen LogP contribution in [0.15, 0.2) is 30.3 Å². The van der Waals surface area contributed by atoms with Crippen molar-refractivity contribution in [3.63, 3.8) is 0 Å². The molecule has 0 aromatic heterocycles. The summed E-state index contributed by atoms with van der Waals surface area (Å²) in [6, 6.07) is 10.6. The Morgan fingerprint density at radius 2 is 1.76 bits per heavy atom. The van der Waals surface area contributed by atoms with Gasteiger partial charge in [-0.1, -0.05) is 37.3 Å². The first-order valence-electron chi connectivity index (χ1n) is 6.14. The van der Waals surface area contributed by atoms with Gasteiger partial charge in [0.25, 0.3) is 0 Å². The first kappa shape index (κ1) is 14.2. The van der Waals surface area contributed by atoms with Crippen LogP contribution >= 0.6 is 0 Å². The van der Waals surface area contributed by atoms with Crippen LogP contribution in [0.2, 0.25) is 0 Å². The smallest absolute Gasteiger partial charge is 0.172 e. The van der Waals surface area contributed by atoms with Gasteiger partial charge in [0.05, 0.1) is 6.04 Å². The van der Waals surface area contributed by atoms with Gasteiger partial charge in [0.15, 0.2) is 6.29 Å². The summed E-state index contributed by atoms with van der Waals surface area (Å²) >= 11 is 0. The number of hydrogen-bond acceptors (Lipinski definition) is 3. The zero-order chi connectivity index (χ0) is 12.5. The topological polar surface area (TPSA) is 30.5 Å². The average molecular weight is 237 g/mol. The minimum atomic E-state index is -0.207. The number of rotatable bonds is 8. The molecule has 0 fully saturated rings. The molecule has 0 radical (unpaired) electrons. The van der Waals surface area contributed by atoms with Crippen LogP contribution in [0, 0.1) is 0 Å². The van der Waals surface area contributed by atoms with Gasteiger partial charge >= 0.3 is 0 Å². The van der Waals surface area contributed by atoms with E-state index >= 15 is 0 Å². The molecule has 0 aliphatic heterocycles. The Hall–Kier alpha value is -0.900. The summed E-state index contributed by atoms with van der Waals surface area (Å²) in [6.07, 6.45) is 1.81. The summed E-state index contributed by atoms with van der Waals surface area (Å²) in [5, 5.41) is 3.47. The van der Waals surface area contributed by atoms with E-state index in [0.29, 0.717) is 0 Å². The fraction of sp³-hybridized carbons (Fsp3) is 0.571. The van der Waals surface area contributed by atoms with Crippen LogP contribution in [0.25, 0.3) is 0 Å². The van der Waals surface area contributed by atoms with Crippen molar-refractivity contribution in [3.05, 3.63) is 35.9 Å². The van der Waals surface area contributed by atoms with Gasteiger partial charge in [-0.25, -0.2) is 0 Å². The van der Waals surface area contributed by atoms with Gasteiger partial charge in [0.2, 0.25) is 0 Å². The summed E-state index contributed by atoms with van der Waals surface area (Å²) in [5.41, 5.74) is 1.29. The lowest BCUT2D eigenvalue weighted by molar-refractivity contribution is -0.122. The van der Waals surface area contributed by atoms with Gasteiger partial charge < -0.3 is 14.8 Å². The molecule has 0 amide bonds. The summed E-state index contributed by atoms with van der Waals surface area (Å²) in [5.74, 6) is 0. The molecule has 0 saturated carbocycles. The largest absolute Gasteiger partial charge is 0.354 e. The molecule has 0 bridgehead atoms. The Balaban J connectivity index is 2.62. The van der Waals surface area contributed by atoms with Crippen molar-refractivity contribution in [3.8, 4) is 0 Å². The van der Waals surface area contributed by atoms with E-state index in [0.717, 1.165) is 19.4 Å². The second-order valence-corrected chi connectivity index (χ2v) is 4.09. The Labute approximate surface area is 104 Å². The van der Waals surface area contributed by atoms with Crippen molar-refractivity contribution >= 4 is 0 Å². The lowest BCUT2D eigenvalue weighted by Gasteiger charge is -2.26. The van der Waals surface area contributed by atoms with E-state index in [1.165, 1.54) is 5.56 Å². The standard InChI is InChI=1S/C14H23NO2/c1-4-10-15-13(14(16-2)17-3)11-12-8-6-5-7-9-12/h5-9,13-15H,4,10-11H2,1-3H3. The Morgan fingerprint density at radius 1 is 1.12 bits per heavy atom. The van der Waals surface area contributed by atoms with Gasteiger partial charge in [0, 0.05) is 14.2 Å². The minimum absolute atomic E-state index is 0.187. The van der Waals surface area contributed by atoms with E-state index in [1.807, 2.05) is 6.07 Å². The normalized spacial score (nSPS) is 12.9. The molecule has 1 aromatic rings. The first-order chi connectivity index (χ1) is 8.31. The monoisotopic (exact) mass is 237 g/mol. The molecule has 1 atom stereocenters. The molecule has 3 heteroatoms. The van der Waals surface area contributed by atoms with Crippen molar-refractivity contribution in [1.82, 2.24) is 5.32 Å². The Morgan fingerprint density at radius 3 is 2.29 bits per heavy atom. The quantitative estimate of drug-likeness (QED) is 0.703. The van der Waals surface area contributed by atoms with Crippen LogP contribution in [-0.4, -0.2) is 33.1 Å². The van der Waals surface area contributed by atoms with Gasteiger partial charge in [-0.3, -0.25) is 0 Å². The third-order valence-electron chi connectivity index (χ3n) is 2.75. The molecule has 0 aliphatic rings. The molecule has 3 nitrogen and oxygen atoms in total. The van der Waals surface area contributed by atoms with Crippen molar-refractivity contribution < 1.29 is 9.47 Å². The van der Waals surface area contributed by atoms with Gasteiger partial charge in [-0.2, -0.15) is 0 Å². The molecule has 0 spiro atoms. The summed E-state index contributed by atoms with van der Waals surface area (Å²) in [4.78, 5) is 0. The van der Waals surface area contributed by atoms with Crippen molar-refractivity contribution in [2.75, 3.05) is 20.8 Å².